The summed E-state index contributed by atoms with van der Waals surface area (Å²) in [6.45, 7) is 12.7. The number of nitrogens with one attached hydrogen (secondary N) is 1. The molecule has 9 bridgehead atoms. The topological polar surface area (TPSA) is 228 Å². The first-order valence-electron chi connectivity index (χ1n) is 25.4. The molecule has 8 aliphatic heterocycles. The fraction of sp³-hybridized carbons (Fsp3) is 0.918. The molecule has 9 fully saturated rings. The zero-order valence-corrected chi connectivity index (χ0v) is 40.0. The van der Waals surface area contributed by atoms with Crippen LogP contribution in [0.1, 0.15) is 111 Å². The summed E-state index contributed by atoms with van der Waals surface area (Å²) in [5, 5.41) is 29.0. The van der Waals surface area contributed by atoms with Gasteiger partial charge in [-0.2, -0.15) is 0 Å². The van der Waals surface area contributed by atoms with Crippen LogP contribution in [0.4, 0.5) is 0 Å². The molecule has 376 valence electrons. The minimum Gasteiger partial charge on any atom is -0.392 e. The summed E-state index contributed by atoms with van der Waals surface area (Å²) in [6.07, 6.45) is 3.30. The Hall–Kier alpha value is -2.29. The van der Waals surface area contributed by atoms with Crippen LogP contribution in [-0.4, -0.2) is 166 Å². The second-order valence-corrected chi connectivity index (χ2v) is 21.8. The van der Waals surface area contributed by atoms with Crippen LogP contribution >= 0.6 is 0 Å². The van der Waals surface area contributed by atoms with Crippen molar-refractivity contribution in [2.45, 2.75) is 208 Å². The van der Waals surface area contributed by atoms with Gasteiger partial charge in [0.1, 0.15) is 11.9 Å². The second-order valence-electron chi connectivity index (χ2n) is 21.8. The summed E-state index contributed by atoms with van der Waals surface area (Å²) in [7, 11) is 1.63. The van der Waals surface area contributed by atoms with Crippen LogP contribution in [0.25, 0.3) is 10.4 Å². The van der Waals surface area contributed by atoms with Gasteiger partial charge < -0.3 is 62.9 Å². The fourth-order valence-electron chi connectivity index (χ4n) is 13.4. The number of ether oxygens (including phenoxy) is 10. The van der Waals surface area contributed by atoms with E-state index in [9.17, 15) is 19.8 Å². The molecule has 0 aromatic carbocycles. The van der Waals surface area contributed by atoms with Gasteiger partial charge in [-0.1, -0.05) is 32.5 Å². The number of azide groups is 1. The van der Waals surface area contributed by atoms with Crippen LogP contribution in [0.15, 0.2) is 17.3 Å². The van der Waals surface area contributed by atoms with Gasteiger partial charge in [0.25, 0.3) is 0 Å². The van der Waals surface area contributed by atoms with Gasteiger partial charge in [0.05, 0.1) is 112 Å². The minimum absolute atomic E-state index is 0.00427. The summed E-state index contributed by atoms with van der Waals surface area (Å²) in [5.41, 5.74) is 9.33. The third kappa shape index (κ3) is 10.8. The zero-order valence-electron chi connectivity index (χ0n) is 40.0. The van der Waals surface area contributed by atoms with E-state index >= 15 is 0 Å². The number of methoxy groups -OCH3 is 1. The van der Waals surface area contributed by atoms with Crippen molar-refractivity contribution in [1.29, 1.82) is 0 Å². The molecule has 0 aromatic heterocycles. The maximum absolute atomic E-state index is 14.4. The zero-order chi connectivity index (χ0) is 47.0. The molecule has 20 atom stereocenters. The van der Waals surface area contributed by atoms with E-state index in [1.165, 1.54) is 0 Å². The monoisotopic (exact) mass is 945 g/mol. The van der Waals surface area contributed by atoms with Crippen molar-refractivity contribution in [2.24, 2.45) is 34.2 Å². The molecule has 67 heavy (non-hydrogen) atoms. The first-order valence-corrected chi connectivity index (χ1v) is 25.4. The largest absolute Gasteiger partial charge is 0.392 e. The van der Waals surface area contributed by atoms with Gasteiger partial charge in [-0.3, -0.25) is 9.59 Å². The first-order chi connectivity index (χ1) is 32.2. The van der Waals surface area contributed by atoms with Crippen LogP contribution in [0.5, 0.6) is 0 Å². The van der Waals surface area contributed by atoms with Gasteiger partial charge in [0.15, 0.2) is 5.79 Å². The third-order valence-corrected chi connectivity index (χ3v) is 16.8. The van der Waals surface area contributed by atoms with E-state index in [1.807, 2.05) is 0 Å². The highest BCUT2D eigenvalue weighted by molar-refractivity contribution is 5.79. The van der Waals surface area contributed by atoms with Crippen LogP contribution in [0.2, 0.25) is 0 Å². The quantitative estimate of drug-likeness (QED) is 0.0710. The number of rotatable bonds is 14. The average Bonchev–Trinajstić information content (AvgIpc) is 3.76. The van der Waals surface area contributed by atoms with E-state index in [2.05, 4.69) is 42.7 Å². The lowest BCUT2D eigenvalue weighted by atomic mass is 9.57. The number of nitrogens with zero attached hydrogens (tertiary/aromatic N) is 3. The molecule has 0 aromatic rings. The number of hydrogen-bond acceptors (Lipinski definition) is 15. The number of carbonyl (C=O) groups is 2. The standard InChI is InChI=1S/C49H76N4O14/c1-26-18-30-7-9-39-48(3,4)23-32(62-39)10-12-49-24-34(56)41-45-42(46(41)66-49)47(67-49)44-35(65-45)8-6-31(63-44)19-28(54)20-33-37(22-36(61-30)27(26)2)64-38(43(33)58-5)21-29(55)25-51-40(57)11-14-59-16-17-60-15-13-52-53-50/h26,29-39,41-47,55-56H,2,6-25H2,1,3-5H3,(H,51,57)/t26-,29+,30+,31-,32+,33+,34-,35+,36-,37+,38-,39+,41+,42+,43-,44+,45+,46?,47-,49+/m1/s1. The highest BCUT2D eigenvalue weighted by Crippen LogP contribution is 2.61. The van der Waals surface area contributed by atoms with Gasteiger partial charge in [-0.15, -0.1) is 0 Å². The Labute approximate surface area is 394 Å². The van der Waals surface area contributed by atoms with Crippen LogP contribution < -0.4 is 5.32 Å². The maximum Gasteiger partial charge on any atom is 0.222 e. The molecule has 8 heterocycles. The Balaban J connectivity index is 0.886. The number of ketones is 1. The van der Waals surface area contributed by atoms with E-state index < -0.39 is 36.3 Å². The SMILES string of the molecule is C=C1[C@H](C)C[C@@H]2CC[C@@H]3O[C@@H](CC[C@]45C[C@@H](O)[C@@H]6C(O4)[C@@H]4[C@H]6O[C@H]6CC[C@H](CC(=O)C[C@@H]7[C@@H](OC)[C@@H](C[C@H](O)CNC(=O)CCOCCOCCN=[N+]=[N-])O[C@H]7C[C@H]1O2)O[C@@H]6[C@@H]4O5)CC3(C)C. The molecule has 18 nitrogen and oxygen atoms in total. The molecule has 9 aliphatic rings. The number of amides is 1. The predicted molar refractivity (Wildman–Crippen MR) is 239 cm³/mol. The molecule has 1 aliphatic carbocycles. The highest BCUT2D eigenvalue weighted by atomic mass is 16.7. The smallest absolute Gasteiger partial charge is 0.222 e. The molecule has 1 spiro atoms. The Morgan fingerprint density at radius 3 is 2.49 bits per heavy atom. The Morgan fingerprint density at radius 2 is 1.69 bits per heavy atom. The summed E-state index contributed by atoms with van der Waals surface area (Å²) in [6, 6.07) is 0. The van der Waals surface area contributed by atoms with Crippen LogP contribution in [0, 0.1) is 29.1 Å². The first kappa shape index (κ1) is 49.7. The average molecular weight is 945 g/mol. The molecule has 1 unspecified atom stereocenters. The van der Waals surface area contributed by atoms with Gasteiger partial charge in [-0.05, 0) is 67.4 Å². The number of aliphatic hydroxyl groups is 2. The Kier molecular flexibility index (Phi) is 15.7. The minimum atomic E-state index is -0.934. The van der Waals surface area contributed by atoms with E-state index in [0.717, 1.165) is 44.1 Å². The molecule has 3 N–H and O–H groups in total. The van der Waals surface area contributed by atoms with E-state index in [0.29, 0.717) is 45.5 Å². The molecule has 8 saturated heterocycles. The summed E-state index contributed by atoms with van der Waals surface area (Å²) >= 11 is 0. The van der Waals surface area contributed by atoms with Crippen molar-refractivity contribution in [3.63, 3.8) is 0 Å². The summed E-state index contributed by atoms with van der Waals surface area (Å²) in [4.78, 5) is 29.7. The van der Waals surface area contributed by atoms with Gasteiger partial charge in [-0.25, -0.2) is 0 Å². The number of Topliss-reactive ketones (excluding diaryl/α,β-unsaturated/α-hetero) is 1. The summed E-state index contributed by atoms with van der Waals surface area (Å²) < 4.78 is 65.1. The lowest BCUT2D eigenvalue weighted by molar-refractivity contribution is -0.470. The molecule has 0 radical (unpaired) electrons. The second kappa shape index (κ2) is 21.2. The number of aliphatic hydroxyl groups excluding tert-OH is 2. The number of fused-ring (bicyclic) bond motifs is 7. The van der Waals surface area contributed by atoms with Crippen molar-refractivity contribution in [3.8, 4) is 0 Å². The van der Waals surface area contributed by atoms with E-state index in [-0.39, 0.29) is 147 Å². The van der Waals surface area contributed by atoms with Gasteiger partial charge in [0, 0.05) is 87.8 Å². The molecule has 1 amide bonds. The van der Waals surface area contributed by atoms with Crippen molar-refractivity contribution >= 4 is 11.7 Å². The predicted octanol–water partition coefficient (Wildman–Crippen LogP) is 4.64. The summed E-state index contributed by atoms with van der Waals surface area (Å²) in [5.74, 6) is -1.36. The van der Waals surface area contributed by atoms with Crippen molar-refractivity contribution in [1.82, 2.24) is 5.32 Å². The molecular formula is C49H76N4O14. The van der Waals surface area contributed by atoms with Crippen LogP contribution in [0.3, 0.4) is 0 Å². The molecule has 1 saturated carbocycles. The normalized spacial score (nSPS) is 44.9. The number of carbonyl (C=O) groups excluding carboxylic acids is 2. The van der Waals surface area contributed by atoms with Gasteiger partial charge >= 0.3 is 0 Å². The van der Waals surface area contributed by atoms with Crippen molar-refractivity contribution < 1.29 is 67.2 Å². The number of hydrogen-bond donors (Lipinski definition) is 3. The Morgan fingerprint density at radius 1 is 0.896 bits per heavy atom. The molecular weight excluding hydrogens is 869 g/mol. The van der Waals surface area contributed by atoms with E-state index in [1.54, 1.807) is 7.11 Å². The third-order valence-electron chi connectivity index (χ3n) is 16.8. The van der Waals surface area contributed by atoms with Crippen molar-refractivity contribution in [2.75, 3.05) is 46.6 Å². The van der Waals surface area contributed by atoms with Crippen LogP contribution in [-0.2, 0) is 57.0 Å². The van der Waals surface area contributed by atoms with Gasteiger partial charge in [0.2, 0.25) is 5.91 Å². The Bertz CT molecular complexity index is 1800. The highest BCUT2D eigenvalue weighted by Gasteiger charge is 2.72. The maximum atomic E-state index is 14.4. The van der Waals surface area contributed by atoms with Crippen molar-refractivity contribution in [3.05, 3.63) is 22.6 Å². The lowest BCUT2D eigenvalue weighted by Crippen LogP contribution is -2.81. The van der Waals surface area contributed by atoms with E-state index in [4.69, 9.17) is 52.9 Å². The molecule has 9 rings (SSSR count). The molecule has 18 heteroatoms. The lowest BCUT2D eigenvalue weighted by Gasteiger charge is -2.69. The fourth-order valence-corrected chi connectivity index (χ4v) is 13.4.